The fraction of sp³-hybridized carbons (Fsp3) is 0.581. The molecule has 4 saturated heterocycles. The van der Waals surface area contributed by atoms with Crippen LogP contribution in [0, 0.1) is 23.7 Å². The summed E-state index contributed by atoms with van der Waals surface area (Å²) in [7, 11) is -10.2. The van der Waals surface area contributed by atoms with Crippen molar-refractivity contribution >= 4 is 62.0 Å². The highest BCUT2D eigenvalue weighted by Gasteiger charge is 2.46. The Labute approximate surface area is 570 Å². The molecule has 0 unspecified atom stereocenters. The molecule has 0 bridgehead atoms. The van der Waals surface area contributed by atoms with E-state index in [-0.39, 0.29) is 119 Å². The molecule has 6 aliphatic heterocycles. The average Bonchev–Trinajstić information content (AvgIpc) is 1.16. The summed E-state index contributed by atoms with van der Waals surface area (Å²) < 4.78 is 168. The molecule has 35 heteroatoms. The normalized spacial score (nSPS) is 21.4. The van der Waals surface area contributed by atoms with Crippen LogP contribution in [0.3, 0.4) is 0 Å². The van der Waals surface area contributed by atoms with Crippen molar-refractivity contribution in [2.24, 2.45) is 29.4 Å². The van der Waals surface area contributed by atoms with Crippen LogP contribution >= 0.6 is 10.7 Å². The van der Waals surface area contributed by atoms with Crippen LogP contribution in [0.5, 0.6) is 34.5 Å². The number of benzene rings is 4. The second-order valence-corrected chi connectivity index (χ2v) is 33.3. The summed E-state index contributed by atoms with van der Waals surface area (Å²) in [6, 6.07) is 21.0. The number of halogens is 1. The Balaban J connectivity index is 0.000000232. The van der Waals surface area contributed by atoms with Crippen molar-refractivity contribution in [1.82, 2.24) is 24.0 Å². The molecule has 540 valence electrons. The first-order chi connectivity index (χ1) is 45.9. The van der Waals surface area contributed by atoms with E-state index in [0.29, 0.717) is 72.8 Å². The minimum absolute atomic E-state index is 0.00832. The number of nitrogens with one attached hydrogen (secondary N) is 3. The van der Waals surface area contributed by atoms with Crippen molar-refractivity contribution in [3.8, 4) is 34.5 Å². The number of hydrogen-bond acceptors (Lipinski definition) is 25. The Kier molecular flexibility index (Phi) is 27.5. The molecule has 2 amide bonds. The zero-order valence-electron chi connectivity index (χ0n) is 54.6. The molecular weight excluding hydrogens is 1380 g/mol. The van der Waals surface area contributed by atoms with E-state index in [2.05, 4.69) is 26.0 Å². The molecule has 0 spiro atoms. The van der Waals surface area contributed by atoms with Crippen molar-refractivity contribution in [3.63, 3.8) is 0 Å². The Morgan fingerprint density at radius 2 is 0.969 bits per heavy atom. The third-order valence-electron chi connectivity index (χ3n) is 15.8. The van der Waals surface area contributed by atoms with Crippen molar-refractivity contribution in [1.29, 1.82) is 0 Å². The lowest BCUT2D eigenvalue weighted by atomic mass is 10.0. The number of amides is 2. The first-order valence-corrected chi connectivity index (χ1v) is 39.0. The molecule has 4 fully saturated rings. The summed E-state index contributed by atoms with van der Waals surface area (Å²) in [5.74, 6) is 2.40. The summed E-state index contributed by atoms with van der Waals surface area (Å²) in [5, 5.41) is 28.7. The first-order valence-electron chi connectivity index (χ1n) is 31.5. The first kappa shape index (κ1) is 76.7. The third-order valence-corrected chi connectivity index (χ3v) is 20.2. The molecule has 10 atom stereocenters. The minimum atomic E-state index is -4.10. The fourth-order valence-corrected chi connectivity index (χ4v) is 15.0. The maximum atomic E-state index is 13.9. The van der Waals surface area contributed by atoms with Gasteiger partial charge < -0.3 is 83.4 Å². The van der Waals surface area contributed by atoms with Crippen LogP contribution in [0.1, 0.15) is 51.7 Å². The zero-order chi connectivity index (χ0) is 70.2. The van der Waals surface area contributed by atoms with E-state index in [0.717, 1.165) is 24.5 Å². The lowest BCUT2D eigenvalue weighted by Crippen LogP contribution is -2.51. The number of rotatable bonds is 30. The molecule has 6 aliphatic rings. The number of nitrogens with two attached hydrogens (primary N) is 1. The second kappa shape index (κ2) is 34.8. The van der Waals surface area contributed by atoms with Crippen molar-refractivity contribution in [3.05, 3.63) is 96.1 Å². The summed E-state index contributed by atoms with van der Waals surface area (Å²) in [6.07, 6.45) is -2.23. The number of aliphatic hydroxyl groups is 2. The number of ether oxygens (including phenoxy) is 12. The van der Waals surface area contributed by atoms with Gasteiger partial charge in [0.25, 0.3) is 0 Å². The Hall–Kier alpha value is -6.09. The largest absolute Gasteiger partial charge is 0.492 e. The van der Waals surface area contributed by atoms with Crippen LogP contribution in [0.25, 0.3) is 0 Å². The van der Waals surface area contributed by atoms with Crippen molar-refractivity contribution in [2.45, 2.75) is 112 Å². The lowest BCUT2D eigenvalue weighted by Gasteiger charge is -2.31. The number of carbonyl (C=O) groups excluding carboxylic acids is 2. The number of alkyl carbamates (subject to hydrolysis) is 2. The molecule has 6 heterocycles. The maximum Gasteiger partial charge on any atom is 0.407 e. The molecule has 0 aliphatic carbocycles. The van der Waals surface area contributed by atoms with E-state index < -0.39 is 94.1 Å². The van der Waals surface area contributed by atoms with Crippen LogP contribution in [0.2, 0.25) is 0 Å². The van der Waals surface area contributed by atoms with E-state index in [1.165, 1.54) is 38.9 Å². The quantitative estimate of drug-likeness (QED) is 0.0321. The topological polar surface area (TPSA) is 391 Å². The van der Waals surface area contributed by atoms with Gasteiger partial charge in [-0.1, -0.05) is 52.0 Å². The number of sulfonamides is 3. The fourth-order valence-electron chi connectivity index (χ4n) is 11.2. The lowest BCUT2D eigenvalue weighted by molar-refractivity contribution is -0.0909. The molecule has 7 N–H and O–H groups in total. The highest BCUT2D eigenvalue weighted by molar-refractivity contribution is 8.13. The number of nitrogens with zero attached hydrogens (tertiary/aromatic N) is 2. The predicted octanol–water partition coefficient (Wildman–Crippen LogP) is 3.49. The Bertz CT molecular complexity index is 3710. The Morgan fingerprint density at radius 3 is 1.35 bits per heavy atom. The number of aliphatic hydroxyl groups excluding tert-OH is 2. The van der Waals surface area contributed by atoms with Gasteiger partial charge in [-0.25, -0.2) is 48.0 Å². The van der Waals surface area contributed by atoms with Gasteiger partial charge in [0, 0.05) is 62.1 Å². The van der Waals surface area contributed by atoms with Gasteiger partial charge in [0.15, 0.2) is 35.6 Å². The highest BCUT2D eigenvalue weighted by Crippen LogP contribution is 2.38. The number of fused-ring (bicyclic) bond motifs is 4. The van der Waals surface area contributed by atoms with E-state index in [4.69, 9.17) is 62.6 Å². The van der Waals surface area contributed by atoms with Crippen LogP contribution in [-0.4, -0.2) is 219 Å². The van der Waals surface area contributed by atoms with Gasteiger partial charge in [0.2, 0.25) is 52.7 Å². The van der Waals surface area contributed by atoms with Gasteiger partial charge in [-0.2, -0.15) is 8.61 Å². The maximum absolute atomic E-state index is 13.9. The summed E-state index contributed by atoms with van der Waals surface area (Å²) in [6.45, 7) is 9.58. The molecule has 10 rings (SSSR count). The van der Waals surface area contributed by atoms with Gasteiger partial charge in [0.05, 0.1) is 84.9 Å². The van der Waals surface area contributed by atoms with Gasteiger partial charge in [-0.05, 0) is 97.2 Å². The molecule has 4 aromatic carbocycles. The third kappa shape index (κ3) is 23.0. The van der Waals surface area contributed by atoms with Gasteiger partial charge in [-0.3, -0.25) is 0 Å². The van der Waals surface area contributed by atoms with Crippen molar-refractivity contribution < 1.29 is 110 Å². The molecule has 4 aromatic rings. The smallest absolute Gasteiger partial charge is 0.407 e. The van der Waals surface area contributed by atoms with E-state index >= 15 is 0 Å². The minimum Gasteiger partial charge on any atom is -0.492 e. The number of hydrogen-bond donors (Lipinski definition) is 6. The highest BCUT2D eigenvalue weighted by atomic mass is 35.7. The summed E-state index contributed by atoms with van der Waals surface area (Å²) in [5.41, 5.74) is 7.02. The molecule has 97 heavy (non-hydrogen) atoms. The standard InChI is InChI=1S/C31H43N3O12S2.C30H41N3O10S.CH3ClO2S/c1-20(2)16-34(48(39,40)23-8-9-27-28(15-23)45-19-44-27)17-26(35)25(33-31(36)46-29-18-43-30-24(29)10-12-42-30)14-21-4-6-22(7-5-21)41-13-11-32-47(3,37)38;1-19(2)15-33(44(36,37)22-7-8-26-27(14-22)42-18-41-26)16-25(34)24(13-20-3-5-21(6-4-20)38-12-10-31)32-30(35)43-28-17-40-29-23(28)9-11-39-29;1-5(2,3)4/h4-9,15,20,24-26,29-30,32,35H,10-14,16-19H2,1-3H3,(H,33,36);3-8,14,19,23-25,28-29,34H,9-13,15-18,31H2,1-2H3,(H,32,35);1H3/t24-,25-,26+,29+,30+;23-,24-,25+,28+,29+;/m00./s1. The van der Waals surface area contributed by atoms with E-state index in [9.17, 15) is 53.5 Å². The van der Waals surface area contributed by atoms with E-state index in [1.54, 1.807) is 42.5 Å². The summed E-state index contributed by atoms with van der Waals surface area (Å²) >= 11 is 0. The molecule has 30 nitrogen and oxygen atoms in total. The molecular formula is C62H87ClN6O24S4. The monoisotopic (exact) mass is 1460 g/mol. The number of carbonyl (C=O) groups is 2. The van der Waals surface area contributed by atoms with Crippen LogP contribution < -0.4 is 49.5 Å². The van der Waals surface area contributed by atoms with Crippen LogP contribution in [0.15, 0.2) is 94.7 Å². The average molecular weight is 1460 g/mol. The van der Waals surface area contributed by atoms with Crippen LogP contribution in [-0.2, 0) is 80.4 Å². The molecule has 0 radical (unpaired) electrons. The van der Waals surface area contributed by atoms with Gasteiger partial charge >= 0.3 is 12.2 Å². The molecule has 0 aromatic heterocycles. The SMILES string of the molecule is CC(C)CN(C[C@@H](O)[C@H](Cc1ccc(OCCN)cc1)NC(=O)O[C@@H]1CO[C@H]2OCC[C@H]21)S(=O)(=O)c1ccc2c(c1)OCO2.CC(C)CN(C[C@@H](O)[C@H](Cc1ccc(OCCNS(C)(=O)=O)cc1)NC(=O)O[C@@H]1CO[C@H]2OCC[C@H]21)S(=O)(=O)c1ccc2c(c1)OCO2.CS(=O)(=O)Cl. The summed E-state index contributed by atoms with van der Waals surface area (Å²) in [4.78, 5) is 26.3. The van der Waals surface area contributed by atoms with Gasteiger partial charge in [0.1, 0.15) is 36.9 Å². The second-order valence-electron chi connectivity index (χ2n) is 24.6. The molecule has 0 saturated carbocycles. The van der Waals surface area contributed by atoms with Crippen LogP contribution in [0.4, 0.5) is 9.59 Å². The zero-order valence-corrected chi connectivity index (χ0v) is 58.6. The van der Waals surface area contributed by atoms with Gasteiger partial charge in [-0.15, -0.1) is 0 Å². The van der Waals surface area contributed by atoms with Crippen molar-refractivity contribution in [2.75, 3.05) is 105 Å². The van der Waals surface area contributed by atoms with E-state index in [1.807, 2.05) is 39.8 Å². The Morgan fingerprint density at radius 1 is 0.577 bits per heavy atom. The predicted molar refractivity (Wildman–Crippen MR) is 350 cm³/mol.